The van der Waals surface area contributed by atoms with E-state index < -0.39 is 0 Å². The van der Waals surface area contributed by atoms with Gasteiger partial charge in [-0.1, -0.05) is 48.0 Å². The highest BCUT2D eigenvalue weighted by molar-refractivity contribution is 6.03. The van der Waals surface area contributed by atoms with Crippen LogP contribution in [0.4, 0.5) is 5.69 Å². The summed E-state index contributed by atoms with van der Waals surface area (Å²) in [6.07, 6.45) is 0. The number of amides is 2. The molecule has 2 amide bonds. The quantitative estimate of drug-likeness (QED) is 0.726. The van der Waals surface area contributed by atoms with E-state index in [9.17, 15) is 9.59 Å². The second kappa shape index (κ2) is 8.27. The first-order valence-electron chi connectivity index (χ1n) is 8.70. The molecule has 136 valence electrons. The zero-order valence-electron chi connectivity index (χ0n) is 15.3. The second-order valence-electron chi connectivity index (χ2n) is 6.40. The van der Waals surface area contributed by atoms with Crippen molar-refractivity contribution in [1.82, 2.24) is 10.3 Å². The molecule has 0 saturated carbocycles. The molecule has 0 aliphatic rings. The first-order chi connectivity index (χ1) is 13.0. The minimum absolute atomic E-state index is 0.194. The predicted molar refractivity (Wildman–Crippen MR) is 106 cm³/mol. The average Bonchev–Trinajstić information content (AvgIpc) is 2.66. The Bertz CT molecular complexity index is 983. The molecule has 1 heterocycles. The van der Waals surface area contributed by atoms with E-state index in [-0.39, 0.29) is 23.2 Å². The number of carbonyl (C=O) groups excluding carboxylic acids is 2. The maximum atomic E-state index is 12.4. The van der Waals surface area contributed by atoms with E-state index >= 15 is 0 Å². The summed E-state index contributed by atoms with van der Waals surface area (Å²) in [4.78, 5) is 29.0. The molecule has 0 atom stereocenters. The normalized spacial score (nSPS) is 10.3. The Hall–Kier alpha value is -3.47. The number of hydrogen-bond acceptors (Lipinski definition) is 3. The van der Waals surface area contributed by atoms with Crippen molar-refractivity contribution in [3.05, 3.63) is 94.8 Å². The molecule has 0 saturated heterocycles. The minimum Gasteiger partial charge on any atom is -0.347 e. The molecule has 2 aromatic carbocycles. The van der Waals surface area contributed by atoms with Crippen LogP contribution in [-0.2, 0) is 6.54 Å². The lowest BCUT2D eigenvalue weighted by Crippen LogP contribution is -2.25. The lowest BCUT2D eigenvalue weighted by atomic mass is 10.1. The van der Waals surface area contributed by atoms with E-state index in [0.29, 0.717) is 12.2 Å². The van der Waals surface area contributed by atoms with Crippen LogP contribution in [0, 0.1) is 13.8 Å². The fourth-order valence-corrected chi connectivity index (χ4v) is 2.70. The van der Waals surface area contributed by atoms with Crippen molar-refractivity contribution >= 4 is 17.5 Å². The fraction of sp³-hybridized carbons (Fsp3) is 0.136. The number of aromatic nitrogens is 1. The summed E-state index contributed by atoms with van der Waals surface area (Å²) in [5, 5.41) is 5.63. The van der Waals surface area contributed by atoms with Gasteiger partial charge in [-0.15, -0.1) is 0 Å². The summed E-state index contributed by atoms with van der Waals surface area (Å²) < 4.78 is 0. The number of hydrogen-bond donors (Lipinski definition) is 2. The van der Waals surface area contributed by atoms with E-state index in [0.717, 1.165) is 16.7 Å². The van der Waals surface area contributed by atoms with Crippen LogP contribution in [0.2, 0.25) is 0 Å². The van der Waals surface area contributed by atoms with Crippen LogP contribution in [0.5, 0.6) is 0 Å². The molecule has 0 aliphatic heterocycles. The molecule has 0 radical (unpaired) electrons. The highest BCUT2D eigenvalue weighted by Gasteiger charge is 2.12. The summed E-state index contributed by atoms with van der Waals surface area (Å²) in [7, 11) is 0. The van der Waals surface area contributed by atoms with Crippen molar-refractivity contribution in [1.29, 1.82) is 0 Å². The lowest BCUT2D eigenvalue weighted by Gasteiger charge is -2.08. The van der Waals surface area contributed by atoms with Crippen molar-refractivity contribution in [3.63, 3.8) is 0 Å². The maximum absolute atomic E-state index is 12.4. The Morgan fingerprint density at radius 3 is 2.15 bits per heavy atom. The van der Waals surface area contributed by atoms with Crippen LogP contribution in [0.25, 0.3) is 0 Å². The predicted octanol–water partition coefficient (Wildman–Crippen LogP) is 3.88. The maximum Gasteiger partial charge on any atom is 0.274 e. The molecule has 3 aromatic rings. The van der Waals surface area contributed by atoms with Crippen molar-refractivity contribution in [3.8, 4) is 0 Å². The summed E-state index contributed by atoms with van der Waals surface area (Å²) >= 11 is 0. The number of anilines is 1. The summed E-state index contributed by atoms with van der Waals surface area (Å²) in [6.45, 7) is 4.36. The zero-order chi connectivity index (χ0) is 19.2. The molecule has 5 heteroatoms. The van der Waals surface area contributed by atoms with Gasteiger partial charge >= 0.3 is 0 Å². The van der Waals surface area contributed by atoms with E-state index in [1.807, 2.05) is 62.4 Å². The van der Waals surface area contributed by atoms with Gasteiger partial charge in [0, 0.05) is 12.2 Å². The van der Waals surface area contributed by atoms with Crippen LogP contribution < -0.4 is 10.6 Å². The van der Waals surface area contributed by atoms with Crippen LogP contribution in [-0.4, -0.2) is 16.8 Å². The largest absolute Gasteiger partial charge is 0.347 e. The first kappa shape index (κ1) is 18.3. The Morgan fingerprint density at radius 1 is 0.815 bits per heavy atom. The highest BCUT2D eigenvalue weighted by atomic mass is 16.2. The first-order valence-corrected chi connectivity index (χ1v) is 8.70. The molecule has 3 rings (SSSR count). The minimum atomic E-state index is -0.353. The van der Waals surface area contributed by atoms with E-state index in [1.165, 1.54) is 0 Å². The Morgan fingerprint density at radius 2 is 1.44 bits per heavy atom. The Kier molecular flexibility index (Phi) is 5.61. The van der Waals surface area contributed by atoms with E-state index in [1.54, 1.807) is 18.2 Å². The average molecular weight is 359 g/mol. The van der Waals surface area contributed by atoms with Crippen LogP contribution >= 0.6 is 0 Å². The SMILES string of the molecule is Cc1cccc(CNC(=O)c2cccc(C(=O)Nc3cccc(C)c3)n2)c1. The summed E-state index contributed by atoms with van der Waals surface area (Å²) in [5.74, 6) is -0.671. The molecule has 2 N–H and O–H groups in total. The molecule has 0 aliphatic carbocycles. The van der Waals surface area contributed by atoms with Gasteiger partial charge in [0.15, 0.2) is 0 Å². The summed E-state index contributed by atoms with van der Waals surface area (Å²) in [6, 6.07) is 20.2. The number of benzene rings is 2. The number of nitrogens with zero attached hydrogens (tertiary/aromatic N) is 1. The standard InChI is InChI=1S/C22H21N3O2/c1-15-6-3-8-17(12-15)14-23-21(26)19-10-5-11-20(25-19)22(27)24-18-9-4-7-16(2)13-18/h3-13H,14H2,1-2H3,(H,23,26)(H,24,27). The van der Waals surface area contributed by atoms with E-state index in [4.69, 9.17) is 0 Å². The van der Waals surface area contributed by atoms with Crippen molar-refractivity contribution < 1.29 is 9.59 Å². The van der Waals surface area contributed by atoms with Crippen molar-refractivity contribution in [2.75, 3.05) is 5.32 Å². The zero-order valence-corrected chi connectivity index (χ0v) is 15.3. The molecule has 5 nitrogen and oxygen atoms in total. The van der Waals surface area contributed by atoms with Crippen molar-refractivity contribution in [2.24, 2.45) is 0 Å². The van der Waals surface area contributed by atoms with Gasteiger partial charge in [0.25, 0.3) is 11.8 Å². The molecular weight excluding hydrogens is 338 g/mol. The van der Waals surface area contributed by atoms with Crippen LogP contribution in [0.3, 0.4) is 0 Å². The molecule has 1 aromatic heterocycles. The third kappa shape index (κ3) is 5.01. The van der Waals surface area contributed by atoms with Crippen LogP contribution in [0.1, 0.15) is 37.7 Å². The molecular formula is C22H21N3O2. The molecule has 0 spiro atoms. The number of pyridine rings is 1. The van der Waals surface area contributed by atoms with Gasteiger partial charge in [-0.2, -0.15) is 0 Å². The van der Waals surface area contributed by atoms with Gasteiger partial charge in [0.05, 0.1) is 0 Å². The number of carbonyl (C=O) groups is 2. The number of nitrogens with one attached hydrogen (secondary N) is 2. The number of rotatable bonds is 5. The molecule has 0 bridgehead atoms. The third-order valence-corrected chi connectivity index (χ3v) is 4.03. The Labute approximate surface area is 158 Å². The van der Waals surface area contributed by atoms with Gasteiger partial charge in [0.1, 0.15) is 11.4 Å². The van der Waals surface area contributed by atoms with Gasteiger partial charge < -0.3 is 10.6 Å². The van der Waals surface area contributed by atoms with Gasteiger partial charge in [-0.05, 0) is 49.2 Å². The smallest absolute Gasteiger partial charge is 0.274 e. The second-order valence-corrected chi connectivity index (χ2v) is 6.40. The molecule has 0 unspecified atom stereocenters. The molecule has 27 heavy (non-hydrogen) atoms. The molecule has 0 fully saturated rings. The lowest BCUT2D eigenvalue weighted by molar-refractivity contribution is 0.0945. The Balaban J connectivity index is 1.67. The topological polar surface area (TPSA) is 71.1 Å². The fourth-order valence-electron chi connectivity index (χ4n) is 2.70. The van der Waals surface area contributed by atoms with Crippen molar-refractivity contribution in [2.45, 2.75) is 20.4 Å². The highest BCUT2D eigenvalue weighted by Crippen LogP contribution is 2.11. The van der Waals surface area contributed by atoms with Gasteiger partial charge in [0.2, 0.25) is 0 Å². The number of aryl methyl sites for hydroxylation is 2. The van der Waals surface area contributed by atoms with E-state index in [2.05, 4.69) is 15.6 Å². The van der Waals surface area contributed by atoms with Gasteiger partial charge in [-0.25, -0.2) is 4.98 Å². The third-order valence-electron chi connectivity index (χ3n) is 4.03. The summed E-state index contributed by atoms with van der Waals surface area (Å²) in [5.41, 5.74) is 4.28. The monoisotopic (exact) mass is 359 g/mol. The van der Waals surface area contributed by atoms with Gasteiger partial charge in [-0.3, -0.25) is 9.59 Å². The van der Waals surface area contributed by atoms with Crippen LogP contribution in [0.15, 0.2) is 66.7 Å².